The van der Waals surface area contributed by atoms with Crippen LogP contribution >= 0.6 is 0 Å². The van der Waals surface area contributed by atoms with Crippen LogP contribution in [-0.4, -0.2) is 73.0 Å². The highest BCUT2D eigenvalue weighted by Gasteiger charge is 2.23. The van der Waals surface area contributed by atoms with E-state index in [4.69, 9.17) is 24.0 Å². The van der Waals surface area contributed by atoms with E-state index >= 15 is 0 Å². The van der Waals surface area contributed by atoms with E-state index in [1.165, 1.54) is 0 Å². The van der Waals surface area contributed by atoms with Crippen molar-refractivity contribution >= 4 is 0 Å². The van der Waals surface area contributed by atoms with Crippen LogP contribution in [-0.2, 0) is 23.1 Å². The van der Waals surface area contributed by atoms with E-state index in [2.05, 4.69) is 18.7 Å². The second-order valence-electron chi connectivity index (χ2n) is 9.22. The topological polar surface area (TPSA) is 78.2 Å². The summed E-state index contributed by atoms with van der Waals surface area (Å²) in [5, 5.41) is 15.5. The van der Waals surface area contributed by atoms with Crippen molar-refractivity contribution in [3.8, 4) is 28.6 Å². The van der Waals surface area contributed by atoms with Crippen LogP contribution in [0.2, 0.25) is 0 Å². The summed E-state index contributed by atoms with van der Waals surface area (Å²) < 4.78 is 24.5. The van der Waals surface area contributed by atoms with Crippen LogP contribution in [0.5, 0.6) is 17.4 Å². The molecule has 36 heavy (non-hydrogen) atoms. The number of nitrogens with zero attached hydrogens (tertiary/aromatic N) is 3. The monoisotopic (exact) mass is 497 g/mol. The summed E-state index contributed by atoms with van der Waals surface area (Å²) >= 11 is 0. The molecule has 0 amide bonds. The summed E-state index contributed by atoms with van der Waals surface area (Å²) in [6.45, 7) is 7.21. The van der Waals surface area contributed by atoms with Gasteiger partial charge in [0.2, 0.25) is 5.88 Å². The van der Waals surface area contributed by atoms with Gasteiger partial charge in [-0.3, -0.25) is 4.90 Å². The molecule has 1 N–H and O–H groups in total. The van der Waals surface area contributed by atoms with Crippen LogP contribution < -0.4 is 9.47 Å². The Balaban J connectivity index is 1.91. The van der Waals surface area contributed by atoms with Gasteiger partial charge >= 0.3 is 0 Å². The summed E-state index contributed by atoms with van der Waals surface area (Å²) in [4.78, 5) is 2.15. The Morgan fingerprint density at radius 1 is 1.00 bits per heavy atom. The van der Waals surface area contributed by atoms with E-state index < -0.39 is 6.10 Å². The van der Waals surface area contributed by atoms with Crippen molar-refractivity contribution < 1.29 is 24.1 Å². The minimum absolute atomic E-state index is 0.285. The number of aliphatic hydroxyl groups is 1. The van der Waals surface area contributed by atoms with Crippen LogP contribution in [0.1, 0.15) is 19.4 Å². The Bertz CT molecular complexity index is 1050. The van der Waals surface area contributed by atoms with Crippen LogP contribution in [0.15, 0.2) is 54.6 Å². The minimum atomic E-state index is -0.625. The molecule has 3 rings (SSSR count). The highest BCUT2D eigenvalue weighted by molar-refractivity contribution is 5.65. The Morgan fingerprint density at radius 2 is 1.75 bits per heavy atom. The summed E-state index contributed by atoms with van der Waals surface area (Å²) in [5.41, 5.74) is 2.76. The molecule has 0 fully saturated rings. The van der Waals surface area contributed by atoms with Gasteiger partial charge in [0.05, 0.1) is 32.0 Å². The predicted molar refractivity (Wildman–Crippen MR) is 141 cm³/mol. The van der Waals surface area contributed by atoms with E-state index in [1.54, 1.807) is 18.9 Å². The summed E-state index contributed by atoms with van der Waals surface area (Å²) in [6.07, 6.45) is -0.625. The van der Waals surface area contributed by atoms with E-state index in [9.17, 15) is 5.11 Å². The molecule has 0 aliphatic heterocycles. The predicted octanol–water partition coefficient (Wildman–Crippen LogP) is 4.37. The number of aliphatic hydroxyl groups excluding tert-OH is 1. The number of rotatable bonds is 15. The van der Waals surface area contributed by atoms with Crippen molar-refractivity contribution in [2.75, 3.05) is 47.1 Å². The zero-order valence-electron chi connectivity index (χ0n) is 22.0. The lowest BCUT2D eigenvalue weighted by Gasteiger charge is -2.25. The molecule has 1 unspecified atom stereocenters. The highest BCUT2D eigenvalue weighted by Crippen LogP contribution is 2.35. The first-order valence-electron chi connectivity index (χ1n) is 12.3. The van der Waals surface area contributed by atoms with E-state index in [-0.39, 0.29) is 6.61 Å². The summed E-state index contributed by atoms with van der Waals surface area (Å²) in [5.74, 6) is 2.42. The van der Waals surface area contributed by atoms with Gasteiger partial charge in [-0.05, 0) is 18.1 Å². The Hall–Kier alpha value is -2.91. The maximum absolute atomic E-state index is 10.7. The van der Waals surface area contributed by atoms with E-state index in [0.717, 1.165) is 16.8 Å². The lowest BCUT2D eigenvalue weighted by Crippen LogP contribution is -2.37. The molecule has 2 aromatic carbocycles. The molecule has 1 heterocycles. The van der Waals surface area contributed by atoms with Crippen LogP contribution in [0.25, 0.3) is 11.3 Å². The molecule has 0 bridgehead atoms. The molecule has 1 atom stereocenters. The maximum Gasteiger partial charge on any atom is 0.222 e. The third kappa shape index (κ3) is 8.06. The maximum atomic E-state index is 10.7. The average molecular weight is 498 g/mol. The molecule has 0 spiro atoms. The Labute approximate surface area is 214 Å². The van der Waals surface area contributed by atoms with Crippen LogP contribution in [0, 0.1) is 5.92 Å². The summed E-state index contributed by atoms with van der Waals surface area (Å²) in [7, 11) is 5.18. The van der Waals surface area contributed by atoms with Gasteiger partial charge in [0.25, 0.3) is 0 Å². The molecule has 8 heteroatoms. The lowest BCUT2D eigenvalue weighted by molar-refractivity contribution is 0.00329. The van der Waals surface area contributed by atoms with Crippen molar-refractivity contribution in [2.45, 2.75) is 26.5 Å². The summed E-state index contributed by atoms with van der Waals surface area (Å²) in [6, 6.07) is 17.5. The SMILES string of the molecule is COCCN(Cc1c(-c2ccccc2)nn(C)c1Oc1cccc(OC)c1)CC(O)COCC(C)C. The Morgan fingerprint density at radius 3 is 2.44 bits per heavy atom. The number of aromatic nitrogens is 2. The first-order chi connectivity index (χ1) is 17.4. The molecular weight excluding hydrogens is 458 g/mol. The van der Waals surface area contributed by atoms with Gasteiger partial charge in [-0.15, -0.1) is 0 Å². The van der Waals surface area contributed by atoms with Gasteiger partial charge in [-0.2, -0.15) is 5.10 Å². The molecule has 0 radical (unpaired) electrons. The number of hydrogen-bond acceptors (Lipinski definition) is 7. The number of benzene rings is 2. The molecule has 0 aliphatic carbocycles. The van der Waals surface area contributed by atoms with Gasteiger partial charge in [0.1, 0.15) is 17.2 Å². The van der Waals surface area contributed by atoms with E-state index in [1.807, 2.05) is 61.6 Å². The van der Waals surface area contributed by atoms with Crippen molar-refractivity contribution in [3.05, 3.63) is 60.2 Å². The molecule has 196 valence electrons. The van der Waals surface area contributed by atoms with Crippen molar-refractivity contribution in [3.63, 3.8) is 0 Å². The zero-order valence-corrected chi connectivity index (χ0v) is 22.0. The first-order valence-corrected chi connectivity index (χ1v) is 12.3. The number of hydrogen-bond donors (Lipinski definition) is 1. The third-order valence-electron chi connectivity index (χ3n) is 5.61. The standard InChI is InChI=1S/C28H39N3O5/c1-21(2)19-35-20-23(32)17-31(14-15-33-4)18-26-27(22-10-7-6-8-11-22)29-30(3)28(26)36-25-13-9-12-24(16-25)34-5/h6-13,16,21,23,32H,14-15,17-20H2,1-5H3. The second-order valence-corrected chi connectivity index (χ2v) is 9.22. The number of aryl methyl sites for hydroxylation is 1. The van der Waals surface area contributed by atoms with E-state index in [0.29, 0.717) is 56.1 Å². The van der Waals surface area contributed by atoms with Gasteiger partial charge in [0.15, 0.2) is 0 Å². The molecule has 1 aromatic heterocycles. The normalized spacial score (nSPS) is 12.3. The van der Waals surface area contributed by atoms with Gasteiger partial charge in [-0.1, -0.05) is 50.2 Å². The second kappa shape index (κ2) is 14.0. The molecule has 3 aromatic rings. The number of ether oxygens (including phenoxy) is 4. The van der Waals surface area contributed by atoms with Crippen molar-refractivity contribution in [1.29, 1.82) is 0 Å². The zero-order chi connectivity index (χ0) is 25.9. The lowest BCUT2D eigenvalue weighted by atomic mass is 10.1. The van der Waals surface area contributed by atoms with Crippen molar-refractivity contribution in [1.82, 2.24) is 14.7 Å². The average Bonchev–Trinajstić information content (AvgIpc) is 3.17. The molecular formula is C28H39N3O5. The fourth-order valence-electron chi connectivity index (χ4n) is 3.90. The van der Waals surface area contributed by atoms with Crippen molar-refractivity contribution in [2.24, 2.45) is 13.0 Å². The van der Waals surface area contributed by atoms with Crippen LogP contribution in [0.3, 0.4) is 0 Å². The van der Waals surface area contributed by atoms with Gasteiger partial charge < -0.3 is 24.1 Å². The third-order valence-corrected chi connectivity index (χ3v) is 5.61. The fraction of sp³-hybridized carbons (Fsp3) is 0.464. The van der Waals surface area contributed by atoms with Gasteiger partial charge in [0, 0.05) is 52.0 Å². The highest BCUT2D eigenvalue weighted by atomic mass is 16.5. The number of methoxy groups -OCH3 is 2. The van der Waals surface area contributed by atoms with Gasteiger partial charge in [-0.25, -0.2) is 4.68 Å². The quantitative estimate of drug-likeness (QED) is 0.334. The molecule has 0 saturated carbocycles. The molecule has 0 aliphatic rings. The molecule has 8 nitrogen and oxygen atoms in total. The smallest absolute Gasteiger partial charge is 0.222 e. The van der Waals surface area contributed by atoms with Crippen LogP contribution in [0.4, 0.5) is 0 Å². The largest absolute Gasteiger partial charge is 0.497 e. The minimum Gasteiger partial charge on any atom is -0.497 e. The molecule has 0 saturated heterocycles. The Kier molecular flexibility index (Phi) is 10.8. The fourth-order valence-corrected chi connectivity index (χ4v) is 3.90. The first kappa shape index (κ1) is 27.7.